The summed E-state index contributed by atoms with van der Waals surface area (Å²) in [7, 11) is 5.47. The number of aromatic nitrogens is 1. The van der Waals surface area contributed by atoms with E-state index in [1.807, 2.05) is 0 Å². The zero-order valence-corrected chi connectivity index (χ0v) is 19.6. The van der Waals surface area contributed by atoms with E-state index in [0.717, 1.165) is 25.6 Å². The average Bonchev–Trinajstić information content (AvgIpc) is 2.83. The van der Waals surface area contributed by atoms with Crippen molar-refractivity contribution >= 4 is 28.6 Å². The van der Waals surface area contributed by atoms with Crippen LogP contribution in [0.5, 0.6) is 17.2 Å². The lowest BCUT2D eigenvalue weighted by molar-refractivity contribution is -0.126. The second kappa shape index (κ2) is 9.65. The number of carbonyl (C=O) groups excluding carboxylic acids is 3. The number of nitrogens with zero attached hydrogens (tertiary/aromatic N) is 2. The molecule has 0 aliphatic rings. The van der Waals surface area contributed by atoms with E-state index in [1.54, 1.807) is 30.3 Å². The van der Waals surface area contributed by atoms with Crippen LogP contribution in [0.3, 0.4) is 0 Å². The van der Waals surface area contributed by atoms with Gasteiger partial charge in [0.05, 0.1) is 28.4 Å². The van der Waals surface area contributed by atoms with Gasteiger partial charge in [-0.3, -0.25) is 14.4 Å². The Kier molecular flexibility index (Phi) is 6.90. The fourth-order valence-corrected chi connectivity index (χ4v) is 3.83. The lowest BCUT2D eigenvalue weighted by atomic mass is 9.96. The van der Waals surface area contributed by atoms with Gasteiger partial charge in [0.1, 0.15) is 0 Å². The molecule has 3 rings (SSSR count). The molecule has 0 fully saturated rings. The third-order valence-corrected chi connectivity index (χ3v) is 5.20. The minimum absolute atomic E-state index is 0.173. The van der Waals surface area contributed by atoms with Crippen LogP contribution in [0.15, 0.2) is 41.2 Å². The van der Waals surface area contributed by atoms with Crippen molar-refractivity contribution in [2.24, 2.45) is 0 Å². The first kappa shape index (κ1) is 24.3. The molecule has 1 heterocycles. The summed E-state index contributed by atoms with van der Waals surface area (Å²) in [6.45, 7) is 2.23. The van der Waals surface area contributed by atoms with E-state index in [0.29, 0.717) is 33.2 Å². The summed E-state index contributed by atoms with van der Waals surface area (Å²) < 4.78 is 22.0. The molecule has 0 aliphatic carbocycles. The van der Waals surface area contributed by atoms with Crippen LogP contribution in [0.1, 0.15) is 24.3 Å². The first-order chi connectivity index (χ1) is 16.2. The van der Waals surface area contributed by atoms with Crippen molar-refractivity contribution in [3.8, 4) is 28.4 Å². The van der Waals surface area contributed by atoms with E-state index in [2.05, 4.69) is 0 Å². The van der Waals surface area contributed by atoms with Crippen LogP contribution >= 0.6 is 0 Å². The van der Waals surface area contributed by atoms with Crippen molar-refractivity contribution < 1.29 is 33.3 Å². The van der Waals surface area contributed by atoms with E-state index in [4.69, 9.17) is 18.9 Å². The lowest BCUT2D eigenvalue weighted by Gasteiger charge is -2.25. The largest absolute Gasteiger partial charge is 0.493 e. The Morgan fingerprint density at radius 2 is 1.35 bits per heavy atom. The number of fused-ring (bicyclic) bond motifs is 1. The predicted octanol–water partition coefficient (Wildman–Crippen LogP) is 2.51. The topological polar surface area (TPSA) is 113 Å². The first-order valence-corrected chi connectivity index (χ1v) is 10.1. The summed E-state index contributed by atoms with van der Waals surface area (Å²) in [5.74, 6) is -1.54. The number of ether oxygens (including phenoxy) is 4. The quantitative estimate of drug-likeness (QED) is 0.507. The molecule has 0 saturated heterocycles. The molecule has 34 heavy (non-hydrogen) atoms. The highest BCUT2D eigenvalue weighted by Crippen LogP contribution is 2.43. The van der Waals surface area contributed by atoms with Crippen LogP contribution < -0.4 is 24.8 Å². The fraction of sp³-hybridized carbons (Fsp3) is 0.250. The average molecular weight is 468 g/mol. The molecular formula is C24H24N2O8. The minimum Gasteiger partial charge on any atom is -0.493 e. The number of rotatable bonds is 6. The van der Waals surface area contributed by atoms with Gasteiger partial charge < -0.3 is 18.9 Å². The van der Waals surface area contributed by atoms with E-state index >= 15 is 0 Å². The van der Waals surface area contributed by atoms with Crippen molar-refractivity contribution in [3.05, 3.63) is 52.4 Å². The van der Waals surface area contributed by atoms with Crippen molar-refractivity contribution in [2.75, 3.05) is 33.4 Å². The van der Waals surface area contributed by atoms with Gasteiger partial charge in [-0.2, -0.15) is 9.69 Å². The fourth-order valence-electron chi connectivity index (χ4n) is 3.83. The SMILES string of the molecule is COC(=O)c1c(-c2cc(OC)c(OC)c(OC)c2)c2ccccc2c(=O)n1N(C(C)=O)C(C)=O. The maximum atomic E-state index is 13.5. The molecule has 2 aromatic carbocycles. The molecule has 0 N–H and O–H groups in total. The van der Waals surface area contributed by atoms with Gasteiger partial charge in [-0.15, -0.1) is 0 Å². The Morgan fingerprint density at radius 1 is 0.824 bits per heavy atom. The highest BCUT2D eigenvalue weighted by atomic mass is 16.5. The summed E-state index contributed by atoms with van der Waals surface area (Å²) in [5, 5.41) is 1.17. The van der Waals surface area contributed by atoms with Gasteiger partial charge in [0, 0.05) is 24.8 Å². The third-order valence-electron chi connectivity index (χ3n) is 5.20. The number of methoxy groups -OCH3 is 4. The summed E-state index contributed by atoms with van der Waals surface area (Å²) >= 11 is 0. The van der Waals surface area contributed by atoms with Gasteiger partial charge in [0.2, 0.25) is 17.6 Å². The zero-order chi connectivity index (χ0) is 25.2. The second-order valence-corrected chi connectivity index (χ2v) is 7.14. The van der Waals surface area contributed by atoms with Crippen LogP contribution in [0.4, 0.5) is 0 Å². The number of carbonyl (C=O) groups is 3. The lowest BCUT2D eigenvalue weighted by Crippen LogP contribution is -2.50. The Morgan fingerprint density at radius 3 is 1.79 bits per heavy atom. The minimum atomic E-state index is -0.931. The smallest absolute Gasteiger partial charge is 0.357 e. The van der Waals surface area contributed by atoms with Crippen LogP contribution in [0.2, 0.25) is 0 Å². The molecule has 0 atom stereocenters. The highest BCUT2D eigenvalue weighted by molar-refractivity contribution is 6.11. The van der Waals surface area contributed by atoms with Crippen LogP contribution in [0.25, 0.3) is 21.9 Å². The van der Waals surface area contributed by atoms with E-state index in [-0.39, 0.29) is 16.6 Å². The standard InChI is InChI=1S/C24H24N2O8/c1-13(27)25(14(2)28)26-21(24(30)34-6)20(16-9-7-8-10-17(16)23(26)29)15-11-18(31-3)22(33-5)19(12-15)32-4/h7-12H,1-6H3. The Labute approximate surface area is 195 Å². The molecule has 10 heteroatoms. The van der Waals surface area contributed by atoms with Crippen molar-refractivity contribution in [1.29, 1.82) is 0 Å². The molecule has 3 aromatic rings. The maximum absolute atomic E-state index is 13.5. The number of hydrogen-bond acceptors (Lipinski definition) is 8. The maximum Gasteiger partial charge on any atom is 0.357 e. The van der Waals surface area contributed by atoms with Crippen LogP contribution in [-0.4, -0.2) is 50.9 Å². The third kappa shape index (κ3) is 3.94. The Hall–Kier alpha value is -4.34. The van der Waals surface area contributed by atoms with Gasteiger partial charge >= 0.3 is 5.97 Å². The van der Waals surface area contributed by atoms with Gasteiger partial charge in [-0.1, -0.05) is 18.2 Å². The second-order valence-electron chi connectivity index (χ2n) is 7.14. The molecule has 0 unspecified atom stereocenters. The van der Waals surface area contributed by atoms with Gasteiger partial charge in [0.25, 0.3) is 5.56 Å². The molecule has 0 radical (unpaired) electrons. The van der Waals surface area contributed by atoms with Crippen molar-refractivity contribution in [2.45, 2.75) is 13.8 Å². The number of pyridine rings is 1. The molecule has 2 amide bonds. The molecule has 0 aliphatic heterocycles. The molecule has 0 spiro atoms. The van der Waals surface area contributed by atoms with Gasteiger partial charge in [0.15, 0.2) is 17.2 Å². The summed E-state index contributed by atoms with van der Waals surface area (Å²) in [6, 6.07) is 9.71. The molecule has 1 aromatic heterocycles. The zero-order valence-electron chi connectivity index (χ0n) is 19.6. The molecule has 10 nitrogen and oxygen atoms in total. The van der Waals surface area contributed by atoms with Gasteiger partial charge in [-0.25, -0.2) is 4.79 Å². The van der Waals surface area contributed by atoms with E-state index in [1.165, 1.54) is 27.4 Å². The van der Waals surface area contributed by atoms with E-state index in [9.17, 15) is 19.2 Å². The van der Waals surface area contributed by atoms with Crippen molar-refractivity contribution in [3.63, 3.8) is 0 Å². The molecule has 178 valence electrons. The molecular weight excluding hydrogens is 444 g/mol. The summed E-state index contributed by atoms with van der Waals surface area (Å²) in [6.07, 6.45) is 0. The first-order valence-electron chi connectivity index (χ1n) is 10.1. The molecule has 0 bridgehead atoms. The summed E-state index contributed by atoms with van der Waals surface area (Å²) in [4.78, 5) is 51.4. The number of benzene rings is 2. The normalized spacial score (nSPS) is 10.5. The van der Waals surface area contributed by atoms with Gasteiger partial charge in [-0.05, 0) is 29.1 Å². The molecule has 0 saturated carbocycles. The van der Waals surface area contributed by atoms with Crippen molar-refractivity contribution in [1.82, 2.24) is 4.68 Å². The van der Waals surface area contributed by atoms with Crippen LogP contribution in [0, 0.1) is 0 Å². The van der Waals surface area contributed by atoms with E-state index < -0.39 is 23.3 Å². The predicted molar refractivity (Wildman–Crippen MR) is 124 cm³/mol. The number of amides is 2. The Bertz CT molecular complexity index is 1320. The number of imide groups is 1. The summed E-state index contributed by atoms with van der Waals surface area (Å²) in [5.41, 5.74) is -0.427. The number of esters is 1. The Balaban J connectivity index is 2.64. The highest BCUT2D eigenvalue weighted by Gasteiger charge is 2.31. The van der Waals surface area contributed by atoms with Crippen LogP contribution in [-0.2, 0) is 14.3 Å². The number of hydrogen-bond donors (Lipinski definition) is 0. The monoisotopic (exact) mass is 468 g/mol.